The molecule has 2 N–H and O–H groups in total. The normalized spacial score (nSPS) is 10.4. The summed E-state index contributed by atoms with van der Waals surface area (Å²) in [6, 6.07) is 15.4. The average Bonchev–Trinajstić information content (AvgIpc) is 2.72. The molecule has 0 saturated carbocycles. The number of ether oxygens (including phenoxy) is 1. The van der Waals surface area contributed by atoms with Crippen LogP contribution in [0.25, 0.3) is 0 Å². The number of nitrogens with zero attached hydrogens (tertiary/aromatic N) is 2. The van der Waals surface area contributed by atoms with Gasteiger partial charge in [-0.1, -0.05) is 30.3 Å². The first-order chi connectivity index (χ1) is 13.6. The van der Waals surface area contributed by atoms with E-state index in [4.69, 9.17) is 4.74 Å². The van der Waals surface area contributed by atoms with Gasteiger partial charge in [-0.2, -0.15) is 0 Å². The summed E-state index contributed by atoms with van der Waals surface area (Å²) >= 11 is 0. The molecule has 28 heavy (non-hydrogen) atoms. The second kappa shape index (κ2) is 8.99. The number of rotatable bonds is 7. The van der Waals surface area contributed by atoms with E-state index in [9.17, 15) is 4.79 Å². The number of amides is 1. The minimum Gasteiger partial charge on any atom is -0.496 e. The molecule has 1 heterocycles. The smallest absolute Gasteiger partial charge is 0.274 e. The standard InChI is InChI=1S/C22H24N4O2/c1-15-7-6-9-18(16(15)2)26-22(27)19-13-21(25-14-24-19)23-12-11-17-8-4-5-10-20(17)28-3/h4-10,13-14H,11-12H2,1-3H3,(H,26,27)(H,23,24,25). The van der Waals surface area contributed by atoms with Gasteiger partial charge in [0.25, 0.3) is 5.91 Å². The summed E-state index contributed by atoms with van der Waals surface area (Å²) in [6.45, 7) is 4.66. The number of anilines is 2. The minimum atomic E-state index is -0.260. The van der Waals surface area contributed by atoms with Gasteiger partial charge >= 0.3 is 0 Å². The van der Waals surface area contributed by atoms with Gasteiger partial charge in [0, 0.05) is 18.3 Å². The quantitative estimate of drug-likeness (QED) is 0.652. The van der Waals surface area contributed by atoms with Crippen LogP contribution in [-0.4, -0.2) is 29.5 Å². The summed E-state index contributed by atoms with van der Waals surface area (Å²) in [6.07, 6.45) is 2.17. The van der Waals surface area contributed by atoms with Gasteiger partial charge in [0.05, 0.1) is 7.11 Å². The predicted octanol–water partition coefficient (Wildman–Crippen LogP) is 4.01. The lowest BCUT2D eigenvalue weighted by Crippen LogP contribution is -2.16. The zero-order chi connectivity index (χ0) is 19.9. The zero-order valence-corrected chi connectivity index (χ0v) is 16.3. The summed E-state index contributed by atoms with van der Waals surface area (Å²) in [5.74, 6) is 1.21. The first-order valence-electron chi connectivity index (χ1n) is 9.14. The molecule has 1 amide bonds. The maximum Gasteiger partial charge on any atom is 0.274 e. The van der Waals surface area contributed by atoms with Crippen LogP contribution in [0.15, 0.2) is 54.9 Å². The molecule has 0 aliphatic carbocycles. The number of para-hydroxylation sites is 1. The highest BCUT2D eigenvalue weighted by Crippen LogP contribution is 2.19. The second-order valence-electron chi connectivity index (χ2n) is 6.48. The van der Waals surface area contributed by atoms with E-state index in [2.05, 4.69) is 20.6 Å². The van der Waals surface area contributed by atoms with Crippen LogP contribution in [0.2, 0.25) is 0 Å². The maximum absolute atomic E-state index is 12.6. The number of nitrogens with one attached hydrogen (secondary N) is 2. The van der Waals surface area contributed by atoms with Gasteiger partial charge in [-0.25, -0.2) is 9.97 Å². The highest BCUT2D eigenvalue weighted by molar-refractivity contribution is 6.03. The Bertz CT molecular complexity index is 972. The second-order valence-corrected chi connectivity index (χ2v) is 6.48. The molecule has 3 aromatic rings. The topological polar surface area (TPSA) is 76.1 Å². The van der Waals surface area contributed by atoms with Gasteiger partial charge in [-0.3, -0.25) is 4.79 Å². The fourth-order valence-electron chi connectivity index (χ4n) is 2.89. The third-order valence-electron chi connectivity index (χ3n) is 4.65. The summed E-state index contributed by atoms with van der Waals surface area (Å²) in [5, 5.41) is 6.16. The Kier molecular flexibility index (Phi) is 6.22. The highest BCUT2D eigenvalue weighted by Gasteiger charge is 2.11. The first-order valence-corrected chi connectivity index (χ1v) is 9.14. The van der Waals surface area contributed by atoms with Crippen LogP contribution in [0.5, 0.6) is 5.75 Å². The van der Waals surface area contributed by atoms with Crippen molar-refractivity contribution in [1.82, 2.24) is 9.97 Å². The molecular weight excluding hydrogens is 352 g/mol. The van der Waals surface area contributed by atoms with Crippen molar-refractivity contribution in [2.45, 2.75) is 20.3 Å². The summed E-state index contributed by atoms with van der Waals surface area (Å²) in [7, 11) is 1.66. The Morgan fingerprint density at radius 2 is 1.89 bits per heavy atom. The van der Waals surface area contributed by atoms with Crippen LogP contribution in [-0.2, 0) is 6.42 Å². The molecule has 1 aromatic heterocycles. The van der Waals surface area contributed by atoms with Gasteiger partial charge in [0.2, 0.25) is 0 Å². The van der Waals surface area contributed by atoms with Crippen molar-refractivity contribution >= 4 is 17.4 Å². The van der Waals surface area contributed by atoms with Crippen molar-refractivity contribution in [3.8, 4) is 5.75 Å². The predicted molar refractivity (Wildman–Crippen MR) is 111 cm³/mol. The van der Waals surface area contributed by atoms with Crippen molar-refractivity contribution in [2.24, 2.45) is 0 Å². The van der Waals surface area contributed by atoms with E-state index >= 15 is 0 Å². The highest BCUT2D eigenvalue weighted by atomic mass is 16.5. The Balaban J connectivity index is 1.63. The SMILES string of the molecule is COc1ccccc1CCNc1cc(C(=O)Nc2cccc(C)c2C)ncn1. The largest absolute Gasteiger partial charge is 0.496 e. The zero-order valence-electron chi connectivity index (χ0n) is 16.3. The minimum absolute atomic E-state index is 0.260. The molecule has 6 heteroatoms. The number of carbonyl (C=O) groups is 1. The molecule has 0 radical (unpaired) electrons. The van der Waals surface area contributed by atoms with E-state index in [1.165, 1.54) is 6.33 Å². The molecule has 0 spiro atoms. The molecule has 6 nitrogen and oxygen atoms in total. The number of hydrogen-bond donors (Lipinski definition) is 2. The Morgan fingerprint density at radius 3 is 2.71 bits per heavy atom. The Labute approximate surface area is 165 Å². The number of benzene rings is 2. The van der Waals surface area contributed by atoms with Gasteiger partial charge in [0.15, 0.2) is 0 Å². The van der Waals surface area contributed by atoms with Crippen molar-refractivity contribution in [2.75, 3.05) is 24.3 Å². The molecule has 2 aromatic carbocycles. The molecule has 0 fully saturated rings. The fraction of sp³-hybridized carbons (Fsp3) is 0.227. The van der Waals surface area contributed by atoms with Crippen molar-refractivity contribution in [3.05, 3.63) is 77.2 Å². The molecular formula is C22H24N4O2. The number of carbonyl (C=O) groups excluding carboxylic acids is 1. The number of aryl methyl sites for hydroxylation is 1. The molecule has 0 aliphatic rings. The van der Waals surface area contributed by atoms with E-state index in [0.717, 1.165) is 34.5 Å². The number of methoxy groups -OCH3 is 1. The van der Waals surface area contributed by atoms with Gasteiger partial charge in [-0.15, -0.1) is 0 Å². The van der Waals surface area contributed by atoms with Crippen molar-refractivity contribution in [3.63, 3.8) is 0 Å². The van der Waals surface area contributed by atoms with Gasteiger partial charge in [0.1, 0.15) is 23.6 Å². The van der Waals surface area contributed by atoms with E-state index in [0.29, 0.717) is 18.1 Å². The molecule has 3 rings (SSSR count). The van der Waals surface area contributed by atoms with Gasteiger partial charge < -0.3 is 15.4 Å². The lowest BCUT2D eigenvalue weighted by atomic mass is 10.1. The van der Waals surface area contributed by atoms with E-state index in [1.807, 2.05) is 56.3 Å². The van der Waals surface area contributed by atoms with Crippen molar-refractivity contribution in [1.29, 1.82) is 0 Å². The summed E-state index contributed by atoms with van der Waals surface area (Å²) in [5.41, 5.74) is 4.38. The summed E-state index contributed by atoms with van der Waals surface area (Å²) < 4.78 is 5.37. The summed E-state index contributed by atoms with van der Waals surface area (Å²) in [4.78, 5) is 20.9. The Hall–Kier alpha value is -3.41. The lowest BCUT2D eigenvalue weighted by molar-refractivity contribution is 0.102. The van der Waals surface area contributed by atoms with E-state index < -0.39 is 0 Å². The lowest BCUT2D eigenvalue weighted by Gasteiger charge is -2.11. The molecule has 144 valence electrons. The van der Waals surface area contributed by atoms with E-state index in [1.54, 1.807) is 13.2 Å². The molecule has 0 atom stereocenters. The van der Waals surface area contributed by atoms with Crippen molar-refractivity contribution < 1.29 is 9.53 Å². The van der Waals surface area contributed by atoms with Crippen LogP contribution in [0.1, 0.15) is 27.2 Å². The third kappa shape index (κ3) is 4.65. The fourth-order valence-corrected chi connectivity index (χ4v) is 2.89. The molecule has 0 bridgehead atoms. The van der Waals surface area contributed by atoms with Crippen LogP contribution < -0.4 is 15.4 Å². The van der Waals surface area contributed by atoms with Crippen LogP contribution in [0, 0.1) is 13.8 Å². The third-order valence-corrected chi connectivity index (χ3v) is 4.65. The average molecular weight is 376 g/mol. The first kappa shape index (κ1) is 19.4. The van der Waals surface area contributed by atoms with E-state index in [-0.39, 0.29) is 5.91 Å². The Morgan fingerprint density at radius 1 is 1.07 bits per heavy atom. The molecule has 0 aliphatic heterocycles. The van der Waals surface area contributed by atoms with Crippen LogP contribution in [0.4, 0.5) is 11.5 Å². The number of aromatic nitrogens is 2. The number of hydrogen-bond acceptors (Lipinski definition) is 5. The van der Waals surface area contributed by atoms with Crippen LogP contribution in [0.3, 0.4) is 0 Å². The van der Waals surface area contributed by atoms with Gasteiger partial charge in [-0.05, 0) is 49.1 Å². The molecule has 0 saturated heterocycles. The molecule has 0 unspecified atom stereocenters. The monoisotopic (exact) mass is 376 g/mol. The van der Waals surface area contributed by atoms with Crippen LogP contribution >= 0.6 is 0 Å². The maximum atomic E-state index is 12.6.